The summed E-state index contributed by atoms with van der Waals surface area (Å²) >= 11 is 0. The molecule has 0 aliphatic heterocycles. The van der Waals surface area contributed by atoms with Crippen LogP contribution >= 0.6 is 0 Å². The molecular weight excluding hydrogens is 286 g/mol. The molecular formula is C15H12N3O4-. The van der Waals surface area contributed by atoms with Gasteiger partial charge in [-0.15, -0.1) is 0 Å². The van der Waals surface area contributed by atoms with Crippen molar-refractivity contribution in [1.29, 1.82) is 0 Å². The van der Waals surface area contributed by atoms with Gasteiger partial charge in [-0.25, -0.2) is 5.43 Å². The SMILES string of the molecule is O=C([O-])COc1ccc(/C=N\NC(=O)c2ccncc2)cc1. The first-order chi connectivity index (χ1) is 10.6. The fraction of sp³-hybridized carbons (Fsp3) is 0.0667. The molecule has 7 nitrogen and oxygen atoms in total. The van der Waals surface area contributed by atoms with Crippen molar-refractivity contribution in [1.82, 2.24) is 10.4 Å². The Morgan fingerprint density at radius 3 is 2.50 bits per heavy atom. The number of rotatable bonds is 6. The van der Waals surface area contributed by atoms with Crippen LogP contribution in [0.15, 0.2) is 53.9 Å². The Morgan fingerprint density at radius 2 is 1.86 bits per heavy atom. The van der Waals surface area contributed by atoms with E-state index in [-0.39, 0.29) is 5.91 Å². The van der Waals surface area contributed by atoms with Gasteiger partial charge in [0, 0.05) is 18.0 Å². The predicted molar refractivity (Wildman–Crippen MR) is 76.2 cm³/mol. The number of aliphatic carboxylic acids is 1. The molecule has 1 heterocycles. The van der Waals surface area contributed by atoms with Gasteiger partial charge in [0.1, 0.15) is 12.4 Å². The van der Waals surface area contributed by atoms with E-state index in [9.17, 15) is 14.7 Å². The Morgan fingerprint density at radius 1 is 1.18 bits per heavy atom. The Kier molecular flexibility index (Phi) is 5.20. The number of hydrogen-bond donors (Lipinski definition) is 1. The van der Waals surface area contributed by atoms with E-state index in [1.807, 2.05) is 0 Å². The minimum Gasteiger partial charge on any atom is -0.546 e. The first-order valence-corrected chi connectivity index (χ1v) is 6.31. The average molecular weight is 298 g/mol. The van der Waals surface area contributed by atoms with E-state index in [1.165, 1.54) is 18.6 Å². The summed E-state index contributed by atoms with van der Waals surface area (Å²) in [6.07, 6.45) is 4.50. The van der Waals surface area contributed by atoms with E-state index in [4.69, 9.17) is 4.74 Å². The van der Waals surface area contributed by atoms with Crippen molar-refractivity contribution in [3.8, 4) is 5.75 Å². The van der Waals surface area contributed by atoms with Gasteiger partial charge in [0.05, 0.1) is 12.2 Å². The third-order valence-corrected chi connectivity index (χ3v) is 2.56. The molecule has 22 heavy (non-hydrogen) atoms. The van der Waals surface area contributed by atoms with Crippen molar-refractivity contribution in [3.05, 3.63) is 59.9 Å². The number of carboxylic acid groups (broad SMARTS) is 1. The highest BCUT2D eigenvalue weighted by molar-refractivity contribution is 5.94. The van der Waals surface area contributed by atoms with Crippen LogP contribution < -0.4 is 15.3 Å². The van der Waals surface area contributed by atoms with Gasteiger partial charge in [-0.2, -0.15) is 5.10 Å². The largest absolute Gasteiger partial charge is 0.546 e. The molecule has 1 amide bonds. The quantitative estimate of drug-likeness (QED) is 0.596. The lowest BCUT2D eigenvalue weighted by Crippen LogP contribution is -2.28. The summed E-state index contributed by atoms with van der Waals surface area (Å²) < 4.78 is 4.94. The summed E-state index contributed by atoms with van der Waals surface area (Å²) in [5.41, 5.74) is 3.56. The number of nitrogens with one attached hydrogen (secondary N) is 1. The zero-order chi connectivity index (χ0) is 15.8. The highest BCUT2D eigenvalue weighted by Gasteiger charge is 2.01. The Labute approximate surface area is 126 Å². The van der Waals surface area contributed by atoms with Gasteiger partial charge in [0.15, 0.2) is 0 Å². The number of carbonyl (C=O) groups is 2. The van der Waals surface area contributed by atoms with Gasteiger partial charge in [-0.3, -0.25) is 9.78 Å². The van der Waals surface area contributed by atoms with Crippen LogP contribution in [0.1, 0.15) is 15.9 Å². The molecule has 0 bridgehead atoms. The van der Waals surface area contributed by atoms with Crippen LogP contribution in [0.2, 0.25) is 0 Å². The molecule has 0 radical (unpaired) electrons. The van der Waals surface area contributed by atoms with Crippen molar-refractivity contribution in [2.24, 2.45) is 5.10 Å². The summed E-state index contributed by atoms with van der Waals surface area (Å²) in [7, 11) is 0. The number of amides is 1. The highest BCUT2D eigenvalue weighted by atomic mass is 16.5. The van der Waals surface area contributed by atoms with Gasteiger partial charge in [-0.1, -0.05) is 0 Å². The molecule has 2 rings (SSSR count). The van der Waals surface area contributed by atoms with Crippen LogP contribution in [-0.2, 0) is 4.79 Å². The topological polar surface area (TPSA) is 104 Å². The molecule has 0 atom stereocenters. The molecule has 1 N–H and O–H groups in total. The smallest absolute Gasteiger partial charge is 0.271 e. The molecule has 2 aromatic rings. The average Bonchev–Trinajstić information content (AvgIpc) is 2.55. The molecule has 0 fully saturated rings. The monoisotopic (exact) mass is 298 g/mol. The van der Waals surface area contributed by atoms with Crippen LogP contribution in [0.5, 0.6) is 5.75 Å². The van der Waals surface area contributed by atoms with Crippen molar-refractivity contribution < 1.29 is 19.4 Å². The number of aromatic nitrogens is 1. The molecule has 0 saturated heterocycles. The molecule has 0 aliphatic carbocycles. The zero-order valence-electron chi connectivity index (χ0n) is 11.4. The van der Waals surface area contributed by atoms with Crippen molar-refractivity contribution >= 4 is 18.1 Å². The van der Waals surface area contributed by atoms with Crippen LogP contribution in [0.25, 0.3) is 0 Å². The number of carbonyl (C=O) groups excluding carboxylic acids is 2. The van der Waals surface area contributed by atoms with Gasteiger partial charge < -0.3 is 14.6 Å². The molecule has 112 valence electrons. The van der Waals surface area contributed by atoms with E-state index >= 15 is 0 Å². The van der Waals surface area contributed by atoms with Crippen LogP contribution in [0.4, 0.5) is 0 Å². The zero-order valence-corrected chi connectivity index (χ0v) is 11.4. The molecule has 7 heteroatoms. The second-order valence-corrected chi connectivity index (χ2v) is 4.16. The van der Waals surface area contributed by atoms with Crippen LogP contribution in [-0.4, -0.2) is 29.7 Å². The summed E-state index contributed by atoms with van der Waals surface area (Å²) in [4.78, 5) is 25.8. The lowest BCUT2D eigenvalue weighted by atomic mass is 10.2. The van der Waals surface area contributed by atoms with E-state index in [0.29, 0.717) is 11.3 Å². The lowest BCUT2D eigenvalue weighted by Gasteiger charge is -2.06. The summed E-state index contributed by atoms with van der Waals surface area (Å²) in [6.45, 7) is -0.505. The maximum Gasteiger partial charge on any atom is 0.271 e. The number of hydrazone groups is 1. The number of benzene rings is 1. The molecule has 0 saturated carbocycles. The van der Waals surface area contributed by atoms with Crippen molar-refractivity contribution in [2.45, 2.75) is 0 Å². The number of hydrogen-bond acceptors (Lipinski definition) is 6. The van der Waals surface area contributed by atoms with Crippen LogP contribution in [0, 0.1) is 0 Å². The van der Waals surface area contributed by atoms with Gasteiger partial charge >= 0.3 is 0 Å². The van der Waals surface area contributed by atoms with Gasteiger partial charge in [0.2, 0.25) is 0 Å². The molecule has 0 aliphatic rings. The summed E-state index contributed by atoms with van der Waals surface area (Å²) in [6, 6.07) is 9.69. The Bertz CT molecular complexity index is 669. The Hall–Kier alpha value is -3.22. The maximum absolute atomic E-state index is 11.7. The van der Waals surface area contributed by atoms with E-state index < -0.39 is 12.6 Å². The fourth-order valence-electron chi connectivity index (χ4n) is 1.53. The minimum atomic E-state index is -1.29. The second kappa shape index (κ2) is 7.53. The van der Waals surface area contributed by atoms with Gasteiger partial charge in [-0.05, 0) is 42.0 Å². The number of nitrogens with zero attached hydrogens (tertiary/aromatic N) is 2. The summed E-state index contributed by atoms with van der Waals surface area (Å²) in [5.74, 6) is -1.22. The van der Waals surface area contributed by atoms with Gasteiger partial charge in [0.25, 0.3) is 5.91 Å². The Balaban J connectivity index is 1.88. The molecule has 0 unspecified atom stereocenters. The summed E-state index contributed by atoms with van der Waals surface area (Å²) in [5, 5.41) is 14.1. The maximum atomic E-state index is 11.7. The van der Waals surface area contributed by atoms with Crippen LogP contribution in [0.3, 0.4) is 0 Å². The standard InChI is InChI=1S/C15H13N3O4/c19-14(20)10-22-13-3-1-11(2-4-13)9-17-18-15(21)12-5-7-16-8-6-12/h1-9H,10H2,(H,18,21)(H,19,20)/p-1/b17-9-. The third kappa shape index (κ3) is 4.71. The third-order valence-electron chi connectivity index (χ3n) is 2.56. The first-order valence-electron chi connectivity index (χ1n) is 6.31. The van der Waals surface area contributed by atoms with E-state index in [2.05, 4.69) is 15.5 Å². The molecule has 1 aromatic heterocycles. The predicted octanol–water partition coefficient (Wildman–Crippen LogP) is -0.0258. The van der Waals surface area contributed by atoms with E-state index in [1.54, 1.807) is 36.4 Å². The number of carboxylic acids is 1. The van der Waals surface area contributed by atoms with Crippen molar-refractivity contribution in [3.63, 3.8) is 0 Å². The molecule has 0 spiro atoms. The molecule has 1 aromatic carbocycles. The van der Waals surface area contributed by atoms with Crippen molar-refractivity contribution in [2.75, 3.05) is 6.61 Å². The minimum absolute atomic E-state index is 0.340. The lowest BCUT2D eigenvalue weighted by molar-refractivity contribution is -0.307. The first kappa shape index (κ1) is 15.2. The number of pyridine rings is 1. The highest BCUT2D eigenvalue weighted by Crippen LogP contribution is 2.10. The second-order valence-electron chi connectivity index (χ2n) is 4.16. The van der Waals surface area contributed by atoms with E-state index in [0.717, 1.165) is 5.56 Å². The fourth-order valence-corrected chi connectivity index (χ4v) is 1.53. The number of ether oxygens (including phenoxy) is 1. The normalized spacial score (nSPS) is 10.4.